The fourth-order valence-electron chi connectivity index (χ4n) is 2.78. The highest BCUT2D eigenvalue weighted by molar-refractivity contribution is 6.00. The van der Waals surface area contributed by atoms with Gasteiger partial charge in [0, 0.05) is 18.7 Å². The molecule has 2 aromatic rings. The quantitative estimate of drug-likeness (QED) is 0.907. The molecule has 1 aromatic heterocycles. The van der Waals surface area contributed by atoms with Gasteiger partial charge in [-0.25, -0.2) is 0 Å². The lowest BCUT2D eigenvalue weighted by Crippen LogP contribution is -2.45. The van der Waals surface area contributed by atoms with Crippen LogP contribution in [-0.2, 0) is 16.1 Å². The molecule has 1 unspecified atom stereocenters. The Balaban J connectivity index is 1.59. The molecule has 0 aliphatic carbocycles. The van der Waals surface area contributed by atoms with Crippen LogP contribution in [0.3, 0.4) is 0 Å². The molecule has 0 fully saturated rings. The zero-order chi connectivity index (χ0) is 17.8. The Bertz CT molecular complexity index is 791. The fourth-order valence-corrected chi connectivity index (χ4v) is 2.78. The number of para-hydroxylation sites is 2. The van der Waals surface area contributed by atoms with Crippen molar-refractivity contribution in [1.29, 1.82) is 0 Å². The van der Waals surface area contributed by atoms with Crippen LogP contribution in [0, 0.1) is 6.92 Å². The van der Waals surface area contributed by atoms with Crippen LogP contribution in [0.2, 0.25) is 0 Å². The molecule has 1 aromatic carbocycles. The SMILES string of the molecule is Cc1cccc(CNC(=O)CCN2C(=O)C(C)Oc3ccccc32)n1. The maximum Gasteiger partial charge on any atom is 0.267 e. The third-order valence-electron chi connectivity index (χ3n) is 4.05. The summed E-state index contributed by atoms with van der Waals surface area (Å²) in [7, 11) is 0. The highest BCUT2D eigenvalue weighted by Crippen LogP contribution is 2.33. The number of nitrogens with zero attached hydrogens (tertiary/aromatic N) is 2. The van der Waals surface area contributed by atoms with E-state index in [1.54, 1.807) is 11.8 Å². The zero-order valence-electron chi connectivity index (χ0n) is 14.4. The molecule has 2 heterocycles. The molecule has 6 heteroatoms. The first-order chi connectivity index (χ1) is 12.0. The largest absolute Gasteiger partial charge is 0.479 e. The standard InChI is InChI=1S/C19H21N3O3/c1-13-6-5-7-15(21-13)12-20-18(23)10-11-22-16-8-3-4-9-17(16)25-14(2)19(22)24/h3-9,14H,10-12H2,1-2H3,(H,20,23). The van der Waals surface area contributed by atoms with Gasteiger partial charge in [-0.15, -0.1) is 0 Å². The normalized spacial score (nSPS) is 16.2. The third-order valence-corrected chi connectivity index (χ3v) is 4.05. The van der Waals surface area contributed by atoms with E-state index in [9.17, 15) is 9.59 Å². The second kappa shape index (κ2) is 7.34. The molecule has 0 spiro atoms. The lowest BCUT2D eigenvalue weighted by Gasteiger charge is -2.32. The summed E-state index contributed by atoms with van der Waals surface area (Å²) in [5, 5.41) is 2.85. The van der Waals surface area contributed by atoms with Gasteiger partial charge >= 0.3 is 0 Å². The monoisotopic (exact) mass is 339 g/mol. The number of hydrogen-bond acceptors (Lipinski definition) is 4. The van der Waals surface area contributed by atoms with Crippen LogP contribution in [0.15, 0.2) is 42.5 Å². The number of pyridine rings is 1. The van der Waals surface area contributed by atoms with Crippen LogP contribution >= 0.6 is 0 Å². The second-order valence-corrected chi connectivity index (χ2v) is 6.01. The summed E-state index contributed by atoms with van der Waals surface area (Å²) in [6, 6.07) is 13.1. The molecule has 3 rings (SSSR count). The van der Waals surface area contributed by atoms with Crippen LogP contribution in [0.4, 0.5) is 5.69 Å². The van der Waals surface area contributed by atoms with Crippen molar-refractivity contribution in [3.05, 3.63) is 53.9 Å². The van der Waals surface area contributed by atoms with E-state index < -0.39 is 6.10 Å². The van der Waals surface area contributed by atoms with E-state index in [1.165, 1.54) is 0 Å². The van der Waals surface area contributed by atoms with Gasteiger partial charge in [0.05, 0.1) is 17.9 Å². The summed E-state index contributed by atoms with van der Waals surface area (Å²) in [5.74, 6) is 0.415. The van der Waals surface area contributed by atoms with E-state index in [0.717, 1.165) is 11.4 Å². The molecule has 1 aliphatic rings. The first-order valence-corrected chi connectivity index (χ1v) is 8.31. The highest BCUT2D eigenvalue weighted by Gasteiger charge is 2.31. The number of amides is 2. The predicted octanol–water partition coefficient (Wildman–Crippen LogP) is 2.21. The summed E-state index contributed by atoms with van der Waals surface area (Å²) in [6.45, 7) is 4.32. The van der Waals surface area contributed by atoms with Crippen LogP contribution in [0.5, 0.6) is 5.75 Å². The maximum absolute atomic E-state index is 12.4. The highest BCUT2D eigenvalue weighted by atomic mass is 16.5. The minimum atomic E-state index is -0.547. The number of nitrogens with one attached hydrogen (secondary N) is 1. The Morgan fingerprint density at radius 3 is 2.84 bits per heavy atom. The average Bonchev–Trinajstić information content (AvgIpc) is 2.60. The molecule has 2 amide bonds. The summed E-state index contributed by atoms with van der Waals surface area (Å²) in [4.78, 5) is 30.5. The topological polar surface area (TPSA) is 71.5 Å². The van der Waals surface area contributed by atoms with E-state index in [4.69, 9.17) is 4.74 Å². The van der Waals surface area contributed by atoms with Crippen LogP contribution in [-0.4, -0.2) is 29.4 Å². The van der Waals surface area contributed by atoms with Crippen molar-refractivity contribution in [3.8, 4) is 5.75 Å². The van der Waals surface area contributed by atoms with E-state index >= 15 is 0 Å². The number of fused-ring (bicyclic) bond motifs is 1. The Hall–Kier alpha value is -2.89. The Kier molecular flexibility index (Phi) is 4.97. The minimum Gasteiger partial charge on any atom is -0.479 e. The molecular weight excluding hydrogens is 318 g/mol. The minimum absolute atomic E-state index is 0.118. The number of anilines is 1. The van der Waals surface area contributed by atoms with Gasteiger partial charge in [-0.1, -0.05) is 18.2 Å². The number of aromatic nitrogens is 1. The molecule has 1 N–H and O–H groups in total. The van der Waals surface area contributed by atoms with Gasteiger partial charge in [-0.3, -0.25) is 14.6 Å². The van der Waals surface area contributed by atoms with Crippen molar-refractivity contribution < 1.29 is 14.3 Å². The molecular formula is C19H21N3O3. The molecule has 0 radical (unpaired) electrons. The lowest BCUT2D eigenvalue weighted by atomic mass is 10.1. The molecule has 1 atom stereocenters. The number of benzene rings is 1. The van der Waals surface area contributed by atoms with Crippen molar-refractivity contribution in [2.24, 2.45) is 0 Å². The summed E-state index contributed by atoms with van der Waals surface area (Å²) >= 11 is 0. The van der Waals surface area contributed by atoms with Gasteiger partial charge in [0.25, 0.3) is 5.91 Å². The average molecular weight is 339 g/mol. The molecule has 6 nitrogen and oxygen atoms in total. The Morgan fingerprint density at radius 1 is 1.24 bits per heavy atom. The van der Waals surface area contributed by atoms with Crippen molar-refractivity contribution in [1.82, 2.24) is 10.3 Å². The lowest BCUT2D eigenvalue weighted by molar-refractivity contribution is -0.125. The van der Waals surface area contributed by atoms with Crippen LogP contribution in [0.25, 0.3) is 0 Å². The van der Waals surface area contributed by atoms with Gasteiger partial charge in [0.1, 0.15) is 5.75 Å². The number of hydrogen-bond donors (Lipinski definition) is 1. The van der Waals surface area contributed by atoms with Crippen molar-refractivity contribution in [3.63, 3.8) is 0 Å². The zero-order valence-corrected chi connectivity index (χ0v) is 14.4. The van der Waals surface area contributed by atoms with Crippen LogP contribution < -0.4 is 15.0 Å². The predicted molar refractivity (Wildman–Crippen MR) is 94.3 cm³/mol. The van der Waals surface area contributed by atoms with E-state index in [1.807, 2.05) is 49.4 Å². The molecule has 25 heavy (non-hydrogen) atoms. The molecule has 0 saturated heterocycles. The van der Waals surface area contributed by atoms with Gasteiger partial charge in [0.15, 0.2) is 6.10 Å². The van der Waals surface area contributed by atoms with Crippen molar-refractivity contribution >= 4 is 17.5 Å². The maximum atomic E-state index is 12.4. The van der Waals surface area contributed by atoms with Gasteiger partial charge < -0.3 is 15.0 Å². The molecule has 1 aliphatic heterocycles. The van der Waals surface area contributed by atoms with E-state index in [0.29, 0.717) is 24.5 Å². The van der Waals surface area contributed by atoms with Gasteiger partial charge in [0.2, 0.25) is 5.91 Å². The summed E-state index contributed by atoms with van der Waals surface area (Å²) in [5.41, 5.74) is 2.43. The number of carbonyl (C=O) groups excluding carboxylic acids is 2. The summed E-state index contributed by atoms with van der Waals surface area (Å²) in [6.07, 6.45) is -0.326. The Labute approximate surface area is 146 Å². The first kappa shape index (κ1) is 17.0. The van der Waals surface area contributed by atoms with Crippen molar-refractivity contribution in [2.75, 3.05) is 11.4 Å². The Morgan fingerprint density at radius 2 is 2.04 bits per heavy atom. The second-order valence-electron chi connectivity index (χ2n) is 6.01. The van der Waals surface area contributed by atoms with Crippen molar-refractivity contribution in [2.45, 2.75) is 32.9 Å². The molecule has 0 saturated carbocycles. The third kappa shape index (κ3) is 3.96. The van der Waals surface area contributed by atoms with Crippen LogP contribution in [0.1, 0.15) is 24.7 Å². The molecule has 0 bridgehead atoms. The van der Waals surface area contributed by atoms with Gasteiger partial charge in [-0.2, -0.15) is 0 Å². The fraction of sp³-hybridized carbons (Fsp3) is 0.316. The van der Waals surface area contributed by atoms with E-state index in [-0.39, 0.29) is 18.2 Å². The summed E-state index contributed by atoms with van der Waals surface area (Å²) < 4.78 is 5.60. The van der Waals surface area contributed by atoms with E-state index in [2.05, 4.69) is 10.3 Å². The van der Waals surface area contributed by atoms with Gasteiger partial charge in [-0.05, 0) is 38.1 Å². The number of carbonyl (C=O) groups is 2. The number of ether oxygens (including phenoxy) is 1. The smallest absolute Gasteiger partial charge is 0.267 e. The first-order valence-electron chi connectivity index (χ1n) is 8.31. The number of rotatable bonds is 5. The number of aryl methyl sites for hydroxylation is 1. The molecule has 130 valence electrons.